The van der Waals surface area contributed by atoms with Crippen molar-refractivity contribution in [2.45, 2.75) is 32.4 Å². The van der Waals surface area contributed by atoms with Gasteiger partial charge in [-0.3, -0.25) is 9.78 Å². The number of nitrogens with zero attached hydrogens (tertiary/aromatic N) is 2. The van der Waals surface area contributed by atoms with Gasteiger partial charge in [0.05, 0.1) is 0 Å². The number of H-pyrrole nitrogens is 1. The van der Waals surface area contributed by atoms with Crippen LogP contribution in [0.4, 0.5) is 19.1 Å². The third-order valence-corrected chi connectivity index (χ3v) is 2.99. The largest absolute Gasteiger partial charge is 0.433 e. The number of aromatic amines is 1. The fourth-order valence-corrected chi connectivity index (χ4v) is 1.91. The van der Waals surface area contributed by atoms with Gasteiger partial charge < -0.3 is 4.90 Å². The molecule has 1 aliphatic carbocycles. The van der Waals surface area contributed by atoms with Crippen LogP contribution in [0.5, 0.6) is 0 Å². The number of rotatable bonds is 5. The van der Waals surface area contributed by atoms with Crippen LogP contribution in [0.2, 0.25) is 0 Å². The Morgan fingerprint density at radius 3 is 2.68 bits per heavy atom. The molecule has 1 N–H and O–H groups in total. The Morgan fingerprint density at radius 1 is 1.47 bits per heavy atom. The van der Waals surface area contributed by atoms with Crippen LogP contribution in [-0.2, 0) is 6.18 Å². The van der Waals surface area contributed by atoms with Gasteiger partial charge in [0.1, 0.15) is 0 Å². The first kappa shape index (κ1) is 13.9. The summed E-state index contributed by atoms with van der Waals surface area (Å²) in [5.41, 5.74) is -1.91. The second kappa shape index (κ2) is 5.22. The Bertz CT molecular complexity index is 494. The normalized spacial score (nSPS) is 15.6. The molecule has 0 unspecified atom stereocenters. The van der Waals surface area contributed by atoms with Crippen molar-refractivity contribution in [1.82, 2.24) is 9.97 Å². The van der Waals surface area contributed by atoms with Crippen molar-refractivity contribution in [3.8, 4) is 0 Å². The fraction of sp³-hybridized carbons (Fsp3) is 0.667. The maximum atomic E-state index is 12.6. The van der Waals surface area contributed by atoms with Gasteiger partial charge in [-0.2, -0.15) is 13.2 Å². The molecule has 0 spiro atoms. The molecule has 0 atom stereocenters. The molecule has 0 aromatic carbocycles. The molecule has 1 saturated carbocycles. The van der Waals surface area contributed by atoms with E-state index in [0.29, 0.717) is 25.1 Å². The minimum absolute atomic E-state index is 0.0218. The molecule has 0 amide bonds. The van der Waals surface area contributed by atoms with E-state index in [4.69, 9.17) is 0 Å². The Hall–Kier alpha value is -1.53. The summed E-state index contributed by atoms with van der Waals surface area (Å²) in [6.45, 7) is 3.17. The maximum absolute atomic E-state index is 12.6. The van der Waals surface area contributed by atoms with E-state index in [2.05, 4.69) is 9.97 Å². The average molecular weight is 275 g/mol. The molecule has 2 rings (SSSR count). The summed E-state index contributed by atoms with van der Waals surface area (Å²) in [6.07, 6.45) is -1.64. The third-order valence-electron chi connectivity index (χ3n) is 2.99. The number of aromatic nitrogens is 2. The number of alkyl halides is 3. The van der Waals surface area contributed by atoms with E-state index in [1.165, 1.54) is 0 Å². The lowest BCUT2D eigenvalue weighted by Gasteiger charge is -2.23. The van der Waals surface area contributed by atoms with Crippen LogP contribution in [0, 0.1) is 5.92 Å². The zero-order chi connectivity index (χ0) is 14.0. The third kappa shape index (κ3) is 3.71. The van der Waals surface area contributed by atoms with Crippen molar-refractivity contribution in [1.29, 1.82) is 0 Å². The zero-order valence-corrected chi connectivity index (χ0v) is 10.6. The average Bonchev–Trinajstić information content (AvgIpc) is 3.10. The molecule has 1 fully saturated rings. The summed E-state index contributed by atoms with van der Waals surface area (Å²) in [5.74, 6) is 0.528. The number of halogens is 3. The fourth-order valence-electron chi connectivity index (χ4n) is 1.91. The molecule has 19 heavy (non-hydrogen) atoms. The van der Waals surface area contributed by atoms with Crippen molar-refractivity contribution in [3.05, 3.63) is 22.1 Å². The van der Waals surface area contributed by atoms with Gasteiger partial charge in [-0.1, -0.05) is 6.92 Å². The van der Waals surface area contributed by atoms with Crippen molar-refractivity contribution in [2.24, 2.45) is 5.92 Å². The SMILES string of the molecule is CCCN(CC1CC1)c1nc(C(F)(F)F)cc(=O)[nH]1. The molecule has 0 radical (unpaired) electrons. The number of nitrogens with one attached hydrogen (secondary N) is 1. The van der Waals surface area contributed by atoms with Gasteiger partial charge in [0.25, 0.3) is 5.56 Å². The highest BCUT2D eigenvalue weighted by Crippen LogP contribution is 2.31. The molecular weight excluding hydrogens is 259 g/mol. The first-order chi connectivity index (χ1) is 8.90. The second-order valence-electron chi connectivity index (χ2n) is 4.84. The van der Waals surface area contributed by atoms with Gasteiger partial charge in [0.15, 0.2) is 5.69 Å². The summed E-state index contributed by atoms with van der Waals surface area (Å²) < 4.78 is 37.9. The van der Waals surface area contributed by atoms with Crippen LogP contribution in [-0.4, -0.2) is 23.1 Å². The second-order valence-corrected chi connectivity index (χ2v) is 4.84. The van der Waals surface area contributed by atoms with Crippen LogP contribution < -0.4 is 10.5 Å². The van der Waals surface area contributed by atoms with E-state index in [9.17, 15) is 18.0 Å². The standard InChI is InChI=1S/C12H16F3N3O/c1-2-5-18(7-8-3-4-8)11-16-9(12(13,14)15)6-10(19)17-11/h6,8H,2-5,7H2,1H3,(H,16,17,19). The van der Waals surface area contributed by atoms with Crippen molar-refractivity contribution < 1.29 is 13.2 Å². The highest BCUT2D eigenvalue weighted by Gasteiger charge is 2.34. The summed E-state index contributed by atoms with van der Waals surface area (Å²) in [7, 11) is 0. The molecule has 106 valence electrons. The quantitative estimate of drug-likeness (QED) is 0.897. The van der Waals surface area contributed by atoms with Crippen LogP contribution in [0.1, 0.15) is 31.9 Å². The lowest BCUT2D eigenvalue weighted by Crippen LogP contribution is -2.31. The Balaban J connectivity index is 2.29. The van der Waals surface area contributed by atoms with Gasteiger partial charge in [-0.25, -0.2) is 4.98 Å². The molecule has 1 aromatic heterocycles. The predicted molar refractivity (Wildman–Crippen MR) is 65.1 cm³/mol. The minimum Gasteiger partial charge on any atom is -0.342 e. The predicted octanol–water partition coefficient (Wildman–Crippen LogP) is 2.42. The molecule has 1 heterocycles. The van der Waals surface area contributed by atoms with Crippen LogP contribution >= 0.6 is 0 Å². The highest BCUT2D eigenvalue weighted by molar-refractivity contribution is 5.31. The zero-order valence-electron chi connectivity index (χ0n) is 10.6. The summed E-state index contributed by atoms with van der Waals surface area (Å²) in [6, 6.07) is 0.491. The van der Waals surface area contributed by atoms with Crippen molar-refractivity contribution in [3.63, 3.8) is 0 Å². The highest BCUT2D eigenvalue weighted by atomic mass is 19.4. The summed E-state index contributed by atoms with van der Waals surface area (Å²) in [4.78, 5) is 19.0. The van der Waals surface area contributed by atoms with E-state index >= 15 is 0 Å². The molecule has 0 bridgehead atoms. The first-order valence-electron chi connectivity index (χ1n) is 6.33. The van der Waals surface area contributed by atoms with E-state index in [1.54, 1.807) is 4.90 Å². The van der Waals surface area contributed by atoms with Gasteiger partial charge in [0.2, 0.25) is 5.95 Å². The van der Waals surface area contributed by atoms with Gasteiger partial charge >= 0.3 is 6.18 Å². The lowest BCUT2D eigenvalue weighted by molar-refractivity contribution is -0.141. The van der Waals surface area contributed by atoms with Gasteiger partial charge in [0, 0.05) is 19.2 Å². The molecule has 1 aliphatic rings. The van der Waals surface area contributed by atoms with Crippen LogP contribution in [0.15, 0.2) is 10.9 Å². The van der Waals surface area contributed by atoms with E-state index in [1.807, 2.05) is 6.92 Å². The monoisotopic (exact) mass is 275 g/mol. The molecule has 0 aliphatic heterocycles. The number of anilines is 1. The van der Waals surface area contributed by atoms with Crippen molar-refractivity contribution >= 4 is 5.95 Å². The minimum atomic E-state index is -4.60. The Morgan fingerprint density at radius 2 is 2.16 bits per heavy atom. The van der Waals surface area contributed by atoms with E-state index in [-0.39, 0.29) is 5.95 Å². The topological polar surface area (TPSA) is 49.0 Å². The van der Waals surface area contributed by atoms with Crippen LogP contribution in [0.3, 0.4) is 0 Å². The summed E-state index contributed by atoms with van der Waals surface area (Å²) >= 11 is 0. The maximum Gasteiger partial charge on any atom is 0.433 e. The van der Waals surface area contributed by atoms with E-state index in [0.717, 1.165) is 19.3 Å². The smallest absolute Gasteiger partial charge is 0.342 e. The molecule has 4 nitrogen and oxygen atoms in total. The molecule has 1 aromatic rings. The Kier molecular flexibility index (Phi) is 3.82. The molecule has 0 saturated heterocycles. The number of hydrogen-bond acceptors (Lipinski definition) is 3. The first-order valence-corrected chi connectivity index (χ1v) is 6.33. The van der Waals surface area contributed by atoms with Gasteiger partial charge in [-0.15, -0.1) is 0 Å². The van der Waals surface area contributed by atoms with Crippen LogP contribution in [0.25, 0.3) is 0 Å². The van der Waals surface area contributed by atoms with E-state index < -0.39 is 17.4 Å². The van der Waals surface area contributed by atoms with Gasteiger partial charge in [-0.05, 0) is 25.2 Å². The lowest BCUT2D eigenvalue weighted by atomic mass is 10.3. The molecular formula is C12H16F3N3O. The molecule has 7 heteroatoms. The summed E-state index contributed by atoms with van der Waals surface area (Å²) in [5, 5.41) is 0. The number of hydrogen-bond donors (Lipinski definition) is 1. The Labute approximate surface area is 108 Å². The van der Waals surface area contributed by atoms with Crippen molar-refractivity contribution in [2.75, 3.05) is 18.0 Å².